The van der Waals surface area contributed by atoms with Gasteiger partial charge in [-0.25, -0.2) is 0 Å². The molecule has 1 unspecified atom stereocenters. The third kappa shape index (κ3) is 5.64. The van der Waals surface area contributed by atoms with Crippen LogP contribution >= 0.6 is 11.8 Å². The Labute approximate surface area is 215 Å². The molecule has 2 aromatic rings. The van der Waals surface area contributed by atoms with Gasteiger partial charge in [0.25, 0.3) is 0 Å². The van der Waals surface area contributed by atoms with E-state index < -0.39 is 11.7 Å². The van der Waals surface area contributed by atoms with Crippen LogP contribution in [0.4, 0.5) is 24.5 Å². The second-order valence-corrected chi connectivity index (χ2v) is 11.1. The van der Waals surface area contributed by atoms with Crippen LogP contribution in [-0.2, 0) is 17.3 Å². The quantitative estimate of drug-likeness (QED) is 0.465. The summed E-state index contributed by atoms with van der Waals surface area (Å²) in [6, 6.07) is 9.22. The molecule has 1 atom stereocenters. The highest BCUT2D eigenvalue weighted by Crippen LogP contribution is 2.46. The first kappa shape index (κ1) is 25.7. The van der Waals surface area contributed by atoms with Crippen molar-refractivity contribution in [2.24, 2.45) is 5.73 Å². The van der Waals surface area contributed by atoms with Gasteiger partial charge in [0.05, 0.1) is 11.7 Å². The van der Waals surface area contributed by atoms with Crippen LogP contribution in [0.5, 0.6) is 0 Å². The Kier molecular flexibility index (Phi) is 7.72. The third-order valence-electron chi connectivity index (χ3n) is 7.64. The number of nitrogens with one attached hydrogen (secondary N) is 1. The normalized spacial score (nSPS) is 21.2. The number of methoxy groups -OCH3 is 1. The first-order chi connectivity index (χ1) is 17.3. The Morgan fingerprint density at radius 3 is 2.61 bits per heavy atom. The van der Waals surface area contributed by atoms with Crippen molar-refractivity contribution in [3.05, 3.63) is 47.0 Å². The van der Waals surface area contributed by atoms with Gasteiger partial charge in [0.15, 0.2) is 0 Å². The van der Waals surface area contributed by atoms with E-state index in [-0.39, 0.29) is 12.1 Å². The highest BCUT2D eigenvalue weighted by atomic mass is 32.2. The molecule has 196 valence electrons. The molecule has 0 amide bonds. The zero-order valence-electron chi connectivity index (χ0n) is 20.7. The molecule has 0 spiro atoms. The molecule has 9 heteroatoms. The molecule has 36 heavy (non-hydrogen) atoms. The van der Waals surface area contributed by atoms with E-state index in [4.69, 9.17) is 10.5 Å². The minimum absolute atomic E-state index is 0.160. The van der Waals surface area contributed by atoms with Gasteiger partial charge in [0.2, 0.25) is 0 Å². The van der Waals surface area contributed by atoms with Gasteiger partial charge in [0.1, 0.15) is 0 Å². The van der Waals surface area contributed by atoms with Crippen molar-refractivity contribution in [3.63, 3.8) is 0 Å². The number of ether oxygens (including phenoxy) is 1. The lowest BCUT2D eigenvalue weighted by Gasteiger charge is -2.35. The number of nitrogens with two attached hydrogens (primary N) is 1. The van der Waals surface area contributed by atoms with Crippen LogP contribution in [0.2, 0.25) is 0 Å². The van der Waals surface area contributed by atoms with E-state index in [2.05, 4.69) is 33.3 Å². The number of alkyl halides is 3. The molecular weight excluding hydrogens is 485 g/mol. The predicted molar refractivity (Wildman–Crippen MR) is 139 cm³/mol. The van der Waals surface area contributed by atoms with E-state index in [0.717, 1.165) is 80.1 Å². The van der Waals surface area contributed by atoms with Crippen LogP contribution in [-0.4, -0.2) is 63.4 Å². The number of hydrogen-bond donors (Lipinski definition) is 2. The maximum Gasteiger partial charge on any atom is 0.416 e. The van der Waals surface area contributed by atoms with Crippen molar-refractivity contribution in [3.8, 4) is 0 Å². The van der Waals surface area contributed by atoms with Gasteiger partial charge < -0.3 is 25.6 Å². The molecule has 2 saturated heterocycles. The van der Waals surface area contributed by atoms with E-state index >= 15 is 0 Å². The zero-order chi connectivity index (χ0) is 25.3. The molecule has 3 N–H and O–H groups in total. The van der Waals surface area contributed by atoms with E-state index in [9.17, 15) is 13.2 Å². The summed E-state index contributed by atoms with van der Waals surface area (Å²) in [5, 5.41) is 3.50. The fourth-order valence-electron chi connectivity index (χ4n) is 5.57. The molecule has 5 nitrogen and oxygen atoms in total. The van der Waals surface area contributed by atoms with Crippen molar-refractivity contribution in [1.82, 2.24) is 4.90 Å². The summed E-state index contributed by atoms with van der Waals surface area (Å²) in [6.45, 7) is 5.13. The summed E-state index contributed by atoms with van der Waals surface area (Å²) >= 11 is 1.46. The first-order valence-electron chi connectivity index (χ1n) is 12.9. The molecule has 2 aromatic carbocycles. The molecule has 0 bridgehead atoms. The number of hydrogen-bond acceptors (Lipinski definition) is 6. The van der Waals surface area contributed by atoms with Crippen LogP contribution in [0.25, 0.3) is 0 Å². The van der Waals surface area contributed by atoms with Crippen molar-refractivity contribution in [2.75, 3.05) is 56.6 Å². The zero-order valence-corrected chi connectivity index (χ0v) is 21.6. The molecule has 3 aliphatic rings. The van der Waals surface area contributed by atoms with Crippen LogP contribution in [0.1, 0.15) is 42.4 Å². The molecule has 2 fully saturated rings. The lowest BCUT2D eigenvalue weighted by molar-refractivity contribution is -0.137. The lowest BCUT2D eigenvalue weighted by Crippen LogP contribution is -2.41. The lowest BCUT2D eigenvalue weighted by atomic mass is 9.97. The number of benzene rings is 2. The average Bonchev–Trinajstić information content (AvgIpc) is 2.88. The molecule has 0 radical (unpaired) electrons. The molecule has 5 rings (SSSR count). The summed E-state index contributed by atoms with van der Waals surface area (Å²) < 4.78 is 47.1. The Balaban J connectivity index is 1.39. The summed E-state index contributed by atoms with van der Waals surface area (Å²) in [4.78, 5) is 6.39. The molecule has 3 aliphatic heterocycles. The fourth-order valence-corrected chi connectivity index (χ4v) is 6.75. The Morgan fingerprint density at radius 1 is 1.08 bits per heavy atom. The number of halogens is 3. The number of anilines is 2. The standard InChI is InChI=1S/C27H35F3N4OS/c1-35-22-3-2-9-34(17-22)21-5-4-18-13-23-24(32-20-6-10-33(11-7-20)12-8-31)14-19(27(28,29)30)15-26(23)36-25(18)16-21/h4-5,14-16,20,22,32H,2-3,6-13,17,31H2,1H3. The van der Waals surface area contributed by atoms with E-state index in [1.807, 2.05) is 0 Å². The Morgan fingerprint density at radius 2 is 1.89 bits per heavy atom. The molecular formula is C27H35F3N4OS. The van der Waals surface area contributed by atoms with Gasteiger partial charge >= 0.3 is 6.18 Å². The van der Waals surface area contributed by atoms with Crippen LogP contribution in [0, 0.1) is 0 Å². The second-order valence-electron chi connectivity index (χ2n) is 10.1. The minimum atomic E-state index is -4.39. The molecule has 0 aliphatic carbocycles. The average molecular weight is 521 g/mol. The SMILES string of the molecule is COC1CCCN(c2ccc3c(c2)Sc2cc(C(F)(F)F)cc(NC4CCN(CCN)CC4)c2C3)C1. The van der Waals surface area contributed by atoms with Crippen molar-refractivity contribution >= 4 is 23.1 Å². The van der Waals surface area contributed by atoms with Gasteiger partial charge in [-0.3, -0.25) is 0 Å². The van der Waals surface area contributed by atoms with Gasteiger partial charge in [-0.2, -0.15) is 13.2 Å². The van der Waals surface area contributed by atoms with Crippen molar-refractivity contribution in [1.29, 1.82) is 0 Å². The van der Waals surface area contributed by atoms with Gasteiger partial charge in [-0.15, -0.1) is 0 Å². The van der Waals surface area contributed by atoms with Gasteiger partial charge in [0, 0.05) is 80.0 Å². The van der Waals surface area contributed by atoms with E-state index in [1.165, 1.54) is 23.9 Å². The third-order valence-corrected chi connectivity index (χ3v) is 8.83. The largest absolute Gasteiger partial charge is 0.416 e. The smallest absolute Gasteiger partial charge is 0.382 e. The maximum absolute atomic E-state index is 13.9. The van der Waals surface area contributed by atoms with Crippen LogP contribution in [0.3, 0.4) is 0 Å². The minimum Gasteiger partial charge on any atom is -0.382 e. The summed E-state index contributed by atoms with van der Waals surface area (Å²) in [6.07, 6.45) is 0.385. The predicted octanol–water partition coefficient (Wildman–Crippen LogP) is 5.21. The fraction of sp³-hybridized carbons (Fsp3) is 0.556. The van der Waals surface area contributed by atoms with Crippen LogP contribution < -0.4 is 16.0 Å². The van der Waals surface area contributed by atoms with E-state index in [0.29, 0.717) is 23.5 Å². The van der Waals surface area contributed by atoms with Crippen molar-refractivity contribution in [2.45, 2.75) is 60.2 Å². The summed E-state index contributed by atoms with van der Waals surface area (Å²) in [7, 11) is 1.75. The van der Waals surface area contributed by atoms with Gasteiger partial charge in [-0.05, 0) is 61.1 Å². The highest BCUT2D eigenvalue weighted by molar-refractivity contribution is 7.99. The summed E-state index contributed by atoms with van der Waals surface area (Å²) in [5.41, 5.74) is 8.96. The number of nitrogens with zero attached hydrogens (tertiary/aromatic N) is 2. The molecule has 3 heterocycles. The number of likely N-dealkylation sites (tertiary alicyclic amines) is 1. The topological polar surface area (TPSA) is 53.8 Å². The maximum atomic E-state index is 13.9. The van der Waals surface area contributed by atoms with Crippen molar-refractivity contribution < 1.29 is 17.9 Å². The monoisotopic (exact) mass is 520 g/mol. The highest BCUT2D eigenvalue weighted by Gasteiger charge is 2.34. The van der Waals surface area contributed by atoms with Crippen LogP contribution in [0.15, 0.2) is 40.1 Å². The van der Waals surface area contributed by atoms with Gasteiger partial charge in [-0.1, -0.05) is 17.8 Å². The first-order valence-corrected chi connectivity index (χ1v) is 13.7. The second kappa shape index (κ2) is 10.8. The summed E-state index contributed by atoms with van der Waals surface area (Å²) in [5.74, 6) is 0. The molecule has 0 aromatic heterocycles. The number of rotatable bonds is 6. The number of piperidine rings is 2. The van der Waals surface area contributed by atoms with E-state index in [1.54, 1.807) is 7.11 Å². The molecule has 0 saturated carbocycles. The Hall–Kier alpha value is -1.94. The Bertz CT molecular complexity index is 1070. The number of fused-ring (bicyclic) bond motifs is 2.